The number of carbonyl (C=O) groups is 4. The molecular formula is C20H30N4O7. The molecule has 0 aromatic heterocycles. The number of aliphatic carboxylic acids is 1. The van der Waals surface area contributed by atoms with Gasteiger partial charge in [0, 0.05) is 13.3 Å². The second-order valence-electron chi connectivity index (χ2n) is 7.05. The van der Waals surface area contributed by atoms with Crippen LogP contribution in [-0.2, 0) is 25.6 Å². The van der Waals surface area contributed by atoms with E-state index in [0.717, 1.165) is 0 Å². The highest BCUT2D eigenvalue weighted by molar-refractivity contribution is 5.93. The number of rotatable bonds is 13. The van der Waals surface area contributed by atoms with Crippen LogP contribution in [0.5, 0.6) is 5.75 Å². The molecule has 0 aliphatic rings. The highest BCUT2D eigenvalue weighted by atomic mass is 16.4. The zero-order valence-corrected chi connectivity index (χ0v) is 17.3. The second kappa shape index (κ2) is 13.2. The number of hydrogen-bond donors (Lipinski definition) is 7. The molecule has 0 spiro atoms. The molecule has 8 N–H and O–H groups in total. The summed E-state index contributed by atoms with van der Waals surface area (Å²) in [6.07, 6.45) is 1.30. The number of phenols is 1. The molecule has 11 heteroatoms. The lowest BCUT2D eigenvalue weighted by Crippen LogP contribution is -2.57. The van der Waals surface area contributed by atoms with Gasteiger partial charge in [-0.3, -0.25) is 14.4 Å². The average Bonchev–Trinajstić information content (AvgIpc) is 2.71. The maximum absolute atomic E-state index is 12.7. The summed E-state index contributed by atoms with van der Waals surface area (Å²) in [6, 6.07) is 2.37. The Morgan fingerprint density at radius 2 is 1.52 bits per heavy atom. The molecule has 11 nitrogen and oxygen atoms in total. The number of phenolic OH excluding ortho intramolecular Hbond substituents is 1. The Labute approximate surface area is 180 Å². The van der Waals surface area contributed by atoms with Crippen LogP contribution >= 0.6 is 0 Å². The molecule has 172 valence electrons. The number of amides is 3. The van der Waals surface area contributed by atoms with Crippen LogP contribution in [0.25, 0.3) is 0 Å². The van der Waals surface area contributed by atoms with Crippen molar-refractivity contribution >= 4 is 23.7 Å². The van der Waals surface area contributed by atoms with Crippen molar-refractivity contribution in [2.75, 3.05) is 13.2 Å². The number of carboxylic acids is 1. The molecule has 0 saturated heterocycles. The van der Waals surface area contributed by atoms with Gasteiger partial charge in [0.1, 0.15) is 23.9 Å². The molecule has 1 aromatic carbocycles. The van der Waals surface area contributed by atoms with Crippen molar-refractivity contribution in [3.63, 3.8) is 0 Å². The maximum atomic E-state index is 12.7. The summed E-state index contributed by atoms with van der Waals surface area (Å²) in [5, 5.41) is 35.3. The van der Waals surface area contributed by atoms with Gasteiger partial charge in [-0.05, 0) is 43.5 Å². The van der Waals surface area contributed by atoms with E-state index in [2.05, 4.69) is 16.0 Å². The van der Waals surface area contributed by atoms with E-state index >= 15 is 0 Å². The van der Waals surface area contributed by atoms with Crippen molar-refractivity contribution in [3.05, 3.63) is 29.8 Å². The van der Waals surface area contributed by atoms with Crippen LogP contribution in [0.1, 0.15) is 31.7 Å². The number of aromatic hydroxyl groups is 1. The van der Waals surface area contributed by atoms with Gasteiger partial charge in [-0.15, -0.1) is 0 Å². The van der Waals surface area contributed by atoms with E-state index in [1.54, 1.807) is 12.1 Å². The quantitative estimate of drug-likeness (QED) is 0.183. The molecule has 31 heavy (non-hydrogen) atoms. The number of unbranched alkanes of at least 4 members (excludes halogenated alkanes) is 1. The average molecular weight is 438 g/mol. The Morgan fingerprint density at radius 3 is 2.03 bits per heavy atom. The number of carbonyl (C=O) groups excluding carboxylic acids is 3. The molecule has 0 aliphatic heterocycles. The van der Waals surface area contributed by atoms with Crippen molar-refractivity contribution in [3.8, 4) is 5.75 Å². The number of nitrogens with one attached hydrogen (secondary N) is 3. The van der Waals surface area contributed by atoms with Crippen molar-refractivity contribution < 1.29 is 34.5 Å². The van der Waals surface area contributed by atoms with E-state index in [1.165, 1.54) is 19.1 Å². The summed E-state index contributed by atoms with van der Waals surface area (Å²) in [5.41, 5.74) is 6.03. The second-order valence-corrected chi connectivity index (χ2v) is 7.05. The lowest BCUT2D eigenvalue weighted by atomic mass is 10.0. The summed E-state index contributed by atoms with van der Waals surface area (Å²) in [5.74, 6) is -3.26. The molecule has 0 aliphatic carbocycles. The summed E-state index contributed by atoms with van der Waals surface area (Å²) in [4.78, 5) is 47.9. The fourth-order valence-electron chi connectivity index (χ4n) is 2.81. The third-order valence-corrected chi connectivity index (χ3v) is 4.45. The van der Waals surface area contributed by atoms with Crippen molar-refractivity contribution in [2.45, 2.75) is 50.7 Å². The van der Waals surface area contributed by atoms with Crippen LogP contribution < -0.4 is 21.7 Å². The molecule has 0 fully saturated rings. The zero-order chi connectivity index (χ0) is 23.4. The first-order chi connectivity index (χ1) is 14.7. The minimum Gasteiger partial charge on any atom is -0.508 e. The Balaban J connectivity index is 2.82. The number of carboxylic acid groups (broad SMARTS) is 1. The minimum atomic E-state index is -1.40. The van der Waals surface area contributed by atoms with Gasteiger partial charge < -0.3 is 37.0 Å². The van der Waals surface area contributed by atoms with Crippen LogP contribution in [0, 0.1) is 0 Å². The van der Waals surface area contributed by atoms with Crippen LogP contribution in [0.3, 0.4) is 0 Å². The summed E-state index contributed by atoms with van der Waals surface area (Å²) >= 11 is 0. The van der Waals surface area contributed by atoms with Gasteiger partial charge in [-0.2, -0.15) is 0 Å². The molecule has 1 rings (SSSR count). The Hall–Kier alpha value is -3.18. The predicted octanol–water partition coefficient (Wildman–Crippen LogP) is -1.39. The van der Waals surface area contributed by atoms with Crippen LogP contribution in [0.4, 0.5) is 0 Å². The maximum Gasteiger partial charge on any atom is 0.326 e. The number of aliphatic hydroxyl groups is 1. The molecule has 0 radical (unpaired) electrons. The largest absolute Gasteiger partial charge is 0.508 e. The molecule has 0 bridgehead atoms. The molecule has 0 heterocycles. The van der Waals surface area contributed by atoms with Gasteiger partial charge in [0.15, 0.2) is 0 Å². The number of benzene rings is 1. The Bertz CT molecular complexity index is 754. The topological polar surface area (TPSA) is 191 Å². The fourth-order valence-corrected chi connectivity index (χ4v) is 2.81. The number of nitrogens with two attached hydrogens (primary N) is 1. The third-order valence-electron chi connectivity index (χ3n) is 4.45. The fraction of sp³-hybridized carbons (Fsp3) is 0.500. The van der Waals surface area contributed by atoms with Crippen LogP contribution in [-0.4, -0.2) is 70.3 Å². The van der Waals surface area contributed by atoms with Gasteiger partial charge in [-0.25, -0.2) is 4.79 Å². The van der Waals surface area contributed by atoms with Crippen molar-refractivity contribution in [1.29, 1.82) is 0 Å². The molecule has 3 atom stereocenters. The lowest BCUT2D eigenvalue weighted by Gasteiger charge is -2.23. The Morgan fingerprint density at radius 1 is 0.935 bits per heavy atom. The summed E-state index contributed by atoms with van der Waals surface area (Å²) in [7, 11) is 0. The first-order valence-electron chi connectivity index (χ1n) is 9.87. The highest BCUT2D eigenvalue weighted by Crippen LogP contribution is 2.11. The van der Waals surface area contributed by atoms with Gasteiger partial charge in [0.25, 0.3) is 0 Å². The SMILES string of the molecule is CC(=O)N[C@@H](Cc1ccc(O)cc1)C(=O)N[C@@H](CO)C(=O)N[C@@H](CCCCN)C(=O)O. The third kappa shape index (κ3) is 9.45. The van der Waals surface area contributed by atoms with E-state index in [-0.39, 0.29) is 18.6 Å². The zero-order valence-electron chi connectivity index (χ0n) is 17.3. The minimum absolute atomic E-state index is 0.0424. The Kier molecular flexibility index (Phi) is 11.0. The van der Waals surface area contributed by atoms with Crippen LogP contribution in [0.15, 0.2) is 24.3 Å². The van der Waals surface area contributed by atoms with E-state index in [0.29, 0.717) is 24.9 Å². The first-order valence-corrected chi connectivity index (χ1v) is 9.87. The molecule has 0 saturated carbocycles. The molecule has 1 aromatic rings. The van der Waals surface area contributed by atoms with Gasteiger partial charge in [0.2, 0.25) is 17.7 Å². The summed E-state index contributed by atoms with van der Waals surface area (Å²) in [6.45, 7) is 0.853. The standard InChI is InChI=1S/C20H30N4O7/c1-12(26)22-16(10-13-5-7-14(27)8-6-13)18(28)24-17(11-25)19(29)23-15(20(30)31)4-2-3-9-21/h5-8,15-17,25,27H,2-4,9-11,21H2,1H3,(H,22,26)(H,23,29)(H,24,28)(H,30,31)/t15-,16-,17-/m0/s1. The van der Waals surface area contributed by atoms with Crippen LogP contribution in [0.2, 0.25) is 0 Å². The summed E-state index contributed by atoms with van der Waals surface area (Å²) < 4.78 is 0. The smallest absolute Gasteiger partial charge is 0.326 e. The van der Waals surface area contributed by atoms with E-state index < -0.39 is 48.4 Å². The van der Waals surface area contributed by atoms with Crippen molar-refractivity contribution in [2.24, 2.45) is 5.73 Å². The van der Waals surface area contributed by atoms with Gasteiger partial charge >= 0.3 is 5.97 Å². The normalized spacial score (nSPS) is 13.5. The molecular weight excluding hydrogens is 408 g/mol. The molecule has 0 unspecified atom stereocenters. The number of hydrogen-bond acceptors (Lipinski definition) is 7. The predicted molar refractivity (Wildman–Crippen MR) is 111 cm³/mol. The van der Waals surface area contributed by atoms with Crippen molar-refractivity contribution in [1.82, 2.24) is 16.0 Å². The first kappa shape index (κ1) is 25.9. The van der Waals surface area contributed by atoms with E-state index in [4.69, 9.17) is 5.73 Å². The van der Waals surface area contributed by atoms with E-state index in [9.17, 15) is 34.5 Å². The monoisotopic (exact) mass is 438 g/mol. The molecule has 3 amide bonds. The van der Waals surface area contributed by atoms with Gasteiger partial charge in [-0.1, -0.05) is 12.1 Å². The van der Waals surface area contributed by atoms with E-state index in [1.807, 2.05) is 0 Å². The number of aliphatic hydroxyl groups excluding tert-OH is 1. The van der Waals surface area contributed by atoms with Gasteiger partial charge in [0.05, 0.1) is 6.61 Å². The lowest BCUT2D eigenvalue weighted by molar-refractivity contribution is -0.142. The highest BCUT2D eigenvalue weighted by Gasteiger charge is 2.28.